The summed E-state index contributed by atoms with van der Waals surface area (Å²) in [5.41, 5.74) is 0. The van der Waals surface area contributed by atoms with E-state index < -0.39 is 0 Å². The zero-order valence-corrected chi connectivity index (χ0v) is 21.4. The van der Waals surface area contributed by atoms with Crippen LogP contribution in [-0.2, 0) is 8.92 Å². The number of thiol groups is 1. The van der Waals surface area contributed by atoms with Gasteiger partial charge in [0.05, 0.1) is 12.7 Å². The number of unbranched alkanes of at least 4 members (excludes halogenated alkanes) is 12. The Hall–Kier alpha value is 0.490. The molecule has 0 amide bonds. The molecule has 170 valence electrons. The minimum absolute atomic E-state index is 0.280. The molecular formula is C24H49BrO2S. The summed E-state index contributed by atoms with van der Waals surface area (Å²) in [5.74, 6) is 0. The van der Waals surface area contributed by atoms with Gasteiger partial charge in [-0.05, 0) is 38.6 Å². The lowest BCUT2D eigenvalue weighted by Gasteiger charge is -2.13. The first-order valence-corrected chi connectivity index (χ1v) is 13.3. The lowest BCUT2D eigenvalue weighted by Crippen LogP contribution is -2.10. The minimum atomic E-state index is 0.280. The molecule has 0 aliphatic rings. The Morgan fingerprint density at radius 1 is 0.750 bits per heavy atom. The van der Waals surface area contributed by atoms with Gasteiger partial charge < -0.3 is 8.92 Å². The van der Waals surface area contributed by atoms with E-state index in [9.17, 15) is 0 Å². The molecule has 1 unspecified atom stereocenters. The number of hydrogen-bond donors (Lipinski definition) is 1. The maximum atomic E-state index is 5.85. The molecule has 0 rings (SSSR count). The van der Waals surface area contributed by atoms with Gasteiger partial charge in [0.1, 0.15) is 0 Å². The number of ether oxygens (including phenoxy) is 1. The quantitative estimate of drug-likeness (QED) is 0.0579. The van der Waals surface area contributed by atoms with Crippen LogP contribution in [0.5, 0.6) is 0 Å². The average Bonchev–Trinajstić information content (AvgIpc) is 2.72. The molecule has 0 saturated heterocycles. The molecule has 1 atom stereocenters. The van der Waals surface area contributed by atoms with E-state index in [1.54, 1.807) is 0 Å². The largest absolute Gasteiger partial charge is 0.374 e. The summed E-state index contributed by atoms with van der Waals surface area (Å²) in [7, 11) is 0. The Kier molecular flexibility index (Phi) is 32.5. The number of alkyl halides is 1. The lowest BCUT2D eigenvalue weighted by atomic mass is 10.1. The van der Waals surface area contributed by atoms with E-state index in [4.69, 9.17) is 4.74 Å². The predicted molar refractivity (Wildman–Crippen MR) is 134 cm³/mol. The van der Waals surface area contributed by atoms with Crippen LogP contribution in [0, 0.1) is 0 Å². The third kappa shape index (κ3) is 28.7. The first kappa shape index (κ1) is 30.7. The molecule has 2 nitrogen and oxygen atoms in total. The fourth-order valence-corrected chi connectivity index (χ4v) is 3.48. The van der Waals surface area contributed by atoms with Crippen LogP contribution in [-0.4, -0.2) is 24.6 Å². The van der Waals surface area contributed by atoms with E-state index in [2.05, 4.69) is 53.4 Å². The highest BCUT2D eigenvalue weighted by Crippen LogP contribution is 2.11. The number of halogens is 1. The second kappa shape index (κ2) is 29.7. The predicted octanol–water partition coefficient (Wildman–Crippen LogP) is 9.08. The molecule has 0 radical (unpaired) electrons. The van der Waals surface area contributed by atoms with Crippen molar-refractivity contribution in [3.63, 3.8) is 0 Å². The van der Waals surface area contributed by atoms with Crippen LogP contribution in [0.1, 0.15) is 117 Å². The average molecular weight is 482 g/mol. The Morgan fingerprint density at radius 3 is 1.79 bits per heavy atom. The second-order valence-electron chi connectivity index (χ2n) is 7.55. The molecule has 0 heterocycles. The van der Waals surface area contributed by atoms with Gasteiger partial charge in [-0.2, -0.15) is 0 Å². The SMILES string of the molecule is C=CC(CCCCCCC)OCCCCCCBr.CCCCCCCCOS. The molecule has 0 aromatic rings. The second-order valence-corrected chi connectivity index (χ2v) is 8.60. The third-order valence-corrected chi connectivity index (χ3v) is 5.55. The van der Waals surface area contributed by atoms with Crippen LogP contribution in [0.25, 0.3) is 0 Å². The fourth-order valence-electron chi connectivity index (χ4n) is 2.95. The van der Waals surface area contributed by atoms with E-state index in [0.29, 0.717) is 0 Å². The Balaban J connectivity index is 0. The van der Waals surface area contributed by atoms with Crippen LogP contribution in [0.15, 0.2) is 12.7 Å². The van der Waals surface area contributed by atoms with Crippen molar-refractivity contribution in [3.05, 3.63) is 12.7 Å². The van der Waals surface area contributed by atoms with Crippen molar-refractivity contribution in [3.8, 4) is 0 Å². The summed E-state index contributed by atoms with van der Waals surface area (Å²) in [6.45, 7) is 10.1. The molecule has 0 bridgehead atoms. The Morgan fingerprint density at radius 2 is 1.25 bits per heavy atom. The van der Waals surface area contributed by atoms with Gasteiger partial charge >= 0.3 is 0 Å². The molecule has 0 spiro atoms. The first-order valence-electron chi connectivity index (χ1n) is 11.8. The molecule has 0 saturated carbocycles. The van der Waals surface area contributed by atoms with Crippen molar-refractivity contribution < 1.29 is 8.92 Å². The van der Waals surface area contributed by atoms with Gasteiger partial charge in [0.2, 0.25) is 0 Å². The van der Waals surface area contributed by atoms with E-state index in [-0.39, 0.29) is 6.10 Å². The molecule has 0 aliphatic heterocycles. The Bertz CT molecular complexity index is 269. The summed E-state index contributed by atoms with van der Waals surface area (Å²) < 4.78 is 10.5. The fraction of sp³-hybridized carbons (Fsp3) is 0.917. The molecule has 0 aliphatic carbocycles. The van der Waals surface area contributed by atoms with Crippen molar-refractivity contribution in [1.82, 2.24) is 0 Å². The van der Waals surface area contributed by atoms with Crippen molar-refractivity contribution in [2.75, 3.05) is 18.5 Å². The summed E-state index contributed by atoms with van der Waals surface area (Å²) in [6, 6.07) is 0. The number of hydrogen-bond acceptors (Lipinski definition) is 3. The maximum Gasteiger partial charge on any atom is 0.0753 e. The highest BCUT2D eigenvalue weighted by molar-refractivity contribution is 9.09. The highest BCUT2D eigenvalue weighted by Gasteiger charge is 2.03. The summed E-state index contributed by atoms with van der Waals surface area (Å²) in [4.78, 5) is 0. The van der Waals surface area contributed by atoms with Crippen molar-refractivity contribution in [2.45, 2.75) is 123 Å². The van der Waals surface area contributed by atoms with E-state index >= 15 is 0 Å². The maximum absolute atomic E-state index is 5.85. The van der Waals surface area contributed by atoms with Gasteiger partial charge in [0, 0.05) is 11.9 Å². The van der Waals surface area contributed by atoms with Crippen molar-refractivity contribution >= 4 is 28.8 Å². The van der Waals surface area contributed by atoms with Gasteiger partial charge in [-0.15, -0.1) is 6.58 Å². The summed E-state index contributed by atoms with van der Waals surface area (Å²) >= 11 is 7.12. The third-order valence-electron chi connectivity index (χ3n) is 4.80. The normalized spacial score (nSPS) is 11.7. The van der Waals surface area contributed by atoms with Crippen LogP contribution in [0.3, 0.4) is 0 Å². The van der Waals surface area contributed by atoms with Crippen LogP contribution >= 0.6 is 28.8 Å². The number of rotatable bonds is 21. The molecule has 28 heavy (non-hydrogen) atoms. The molecule has 0 N–H and O–H groups in total. The topological polar surface area (TPSA) is 18.5 Å². The van der Waals surface area contributed by atoms with Gasteiger partial charge in [-0.25, -0.2) is 0 Å². The van der Waals surface area contributed by atoms with E-state index in [1.807, 2.05) is 6.08 Å². The van der Waals surface area contributed by atoms with Crippen molar-refractivity contribution in [1.29, 1.82) is 0 Å². The highest BCUT2D eigenvalue weighted by atomic mass is 79.9. The minimum Gasteiger partial charge on any atom is -0.374 e. The molecule has 0 fully saturated rings. The van der Waals surface area contributed by atoms with Crippen molar-refractivity contribution in [2.24, 2.45) is 0 Å². The van der Waals surface area contributed by atoms with E-state index in [0.717, 1.165) is 31.4 Å². The summed E-state index contributed by atoms with van der Waals surface area (Å²) in [6.07, 6.45) is 23.0. The zero-order chi connectivity index (χ0) is 21.1. The van der Waals surface area contributed by atoms with E-state index in [1.165, 1.54) is 89.9 Å². The molecular weight excluding hydrogens is 432 g/mol. The zero-order valence-electron chi connectivity index (χ0n) is 18.9. The molecule has 4 heteroatoms. The van der Waals surface area contributed by atoms with Crippen LogP contribution in [0.4, 0.5) is 0 Å². The van der Waals surface area contributed by atoms with Gasteiger partial charge in [0.15, 0.2) is 0 Å². The monoisotopic (exact) mass is 480 g/mol. The van der Waals surface area contributed by atoms with Gasteiger partial charge in [0.25, 0.3) is 0 Å². The molecule has 0 aromatic carbocycles. The van der Waals surface area contributed by atoms with Crippen LogP contribution < -0.4 is 0 Å². The standard InChI is InChI=1S/C16H31BrO.C8H18OS/c1-3-5-6-7-10-13-16(4-2)18-15-12-9-8-11-14-17;1-2-3-4-5-6-7-8-9-10/h4,16H,2-3,5-15H2,1H3;10H,2-8H2,1H3. The Labute approximate surface area is 191 Å². The smallest absolute Gasteiger partial charge is 0.0753 e. The van der Waals surface area contributed by atoms with Gasteiger partial charge in [-0.3, -0.25) is 0 Å². The molecule has 0 aromatic heterocycles. The lowest BCUT2D eigenvalue weighted by molar-refractivity contribution is 0.0747. The van der Waals surface area contributed by atoms with Gasteiger partial charge in [-0.1, -0.05) is 113 Å². The first-order chi connectivity index (χ1) is 13.8. The van der Waals surface area contributed by atoms with Crippen LogP contribution in [0.2, 0.25) is 0 Å². The summed E-state index contributed by atoms with van der Waals surface area (Å²) in [5, 5.41) is 1.13.